The van der Waals surface area contributed by atoms with Gasteiger partial charge in [-0.3, -0.25) is 9.69 Å². The number of hydrogen-bond donors (Lipinski definition) is 1. The fourth-order valence-electron chi connectivity index (χ4n) is 3.50. The highest BCUT2D eigenvalue weighted by Gasteiger charge is 2.29. The first-order chi connectivity index (χ1) is 10.7. The molecule has 136 valence electrons. The minimum Gasteiger partial charge on any atom is -0.340 e. The molecular formula is C18H29Cl2N3O. The van der Waals surface area contributed by atoms with Gasteiger partial charge in [0.2, 0.25) is 5.91 Å². The zero-order valence-corrected chi connectivity index (χ0v) is 16.0. The summed E-state index contributed by atoms with van der Waals surface area (Å²) in [5.74, 6) is 0.311. The average molecular weight is 374 g/mol. The van der Waals surface area contributed by atoms with E-state index < -0.39 is 0 Å². The van der Waals surface area contributed by atoms with E-state index in [1.165, 1.54) is 5.56 Å². The Bertz CT molecular complexity index is 494. The van der Waals surface area contributed by atoms with Gasteiger partial charge in [0.25, 0.3) is 0 Å². The van der Waals surface area contributed by atoms with Crippen LogP contribution in [0.25, 0.3) is 0 Å². The number of benzene rings is 1. The van der Waals surface area contributed by atoms with E-state index in [9.17, 15) is 4.79 Å². The van der Waals surface area contributed by atoms with Crippen molar-refractivity contribution in [3.63, 3.8) is 0 Å². The summed E-state index contributed by atoms with van der Waals surface area (Å²) in [7, 11) is 0. The number of amides is 1. The van der Waals surface area contributed by atoms with Crippen LogP contribution in [0.1, 0.15) is 31.7 Å². The lowest BCUT2D eigenvalue weighted by molar-refractivity contribution is -0.132. The molecule has 0 radical (unpaired) electrons. The summed E-state index contributed by atoms with van der Waals surface area (Å²) < 4.78 is 0. The molecule has 1 amide bonds. The Morgan fingerprint density at radius 2 is 1.88 bits per heavy atom. The molecule has 2 unspecified atom stereocenters. The smallest absolute Gasteiger partial charge is 0.239 e. The van der Waals surface area contributed by atoms with Gasteiger partial charge in [0.15, 0.2) is 0 Å². The van der Waals surface area contributed by atoms with Crippen LogP contribution < -0.4 is 5.32 Å². The van der Waals surface area contributed by atoms with Gasteiger partial charge in [0, 0.05) is 32.2 Å². The quantitative estimate of drug-likeness (QED) is 0.884. The predicted octanol–water partition coefficient (Wildman–Crippen LogP) is 2.71. The van der Waals surface area contributed by atoms with E-state index in [-0.39, 0.29) is 30.9 Å². The molecule has 2 fully saturated rings. The normalized spacial score (nSPS) is 24.6. The molecule has 6 heteroatoms. The van der Waals surface area contributed by atoms with Crippen molar-refractivity contribution in [2.24, 2.45) is 0 Å². The molecule has 2 atom stereocenters. The van der Waals surface area contributed by atoms with Gasteiger partial charge in [0.1, 0.15) is 0 Å². The lowest BCUT2D eigenvalue weighted by Crippen LogP contribution is -2.45. The first-order valence-electron chi connectivity index (χ1n) is 8.54. The molecule has 0 bridgehead atoms. The average Bonchev–Trinajstić information content (AvgIpc) is 3.02. The molecule has 0 aromatic heterocycles. The van der Waals surface area contributed by atoms with Gasteiger partial charge in [-0.2, -0.15) is 0 Å². The Kier molecular flexibility index (Phi) is 9.06. The topological polar surface area (TPSA) is 35.6 Å². The van der Waals surface area contributed by atoms with Crippen molar-refractivity contribution in [2.45, 2.75) is 44.8 Å². The summed E-state index contributed by atoms with van der Waals surface area (Å²) in [4.78, 5) is 17.1. The molecule has 0 spiro atoms. The van der Waals surface area contributed by atoms with E-state index in [1.54, 1.807) is 0 Å². The Labute approximate surface area is 157 Å². The Hall–Kier alpha value is -0.810. The highest BCUT2D eigenvalue weighted by Crippen LogP contribution is 2.17. The monoisotopic (exact) mass is 373 g/mol. The van der Waals surface area contributed by atoms with Gasteiger partial charge >= 0.3 is 0 Å². The van der Waals surface area contributed by atoms with Crippen LogP contribution >= 0.6 is 24.8 Å². The molecule has 1 aromatic rings. The first kappa shape index (κ1) is 21.2. The van der Waals surface area contributed by atoms with E-state index >= 15 is 0 Å². The van der Waals surface area contributed by atoms with Gasteiger partial charge in [-0.1, -0.05) is 30.3 Å². The Morgan fingerprint density at radius 1 is 1.12 bits per heavy atom. The van der Waals surface area contributed by atoms with Crippen molar-refractivity contribution in [2.75, 3.05) is 26.2 Å². The summed E-state index contributed by atoms with van der Waals surface area (Å²) in [5.41, 5.74) is 1.35. The summed E-state index contributed by atoms with van der Waals surface area (Å²) in [5, 5.41) is 3.33. The minimum atomic E-state index is 0. The number of nitrogens with zero attached hydrogens (tertiary/aromatic N) is 2. The molecule has 3 rings (SSSR count). The molecule has 1 N–H and O–H groups in total. The van der Waals surface area contributed by atoms with E-state index in [1.807, 2.05) is 0 Å². The minimum absolute atomic E-state index is 0. The van der Waals surface area contributed by atoms with Crippen molar-refractivity contribution in [1.29, 1.82) is 0 Å². The summed E-state index contributed by atoms with van der Waals surface area (Å²) >= 11 is 0. The van der Waals surface area contributed by atoms with Gasteiger partial charge < -0.3 is 10.2 Å². The SMILES string of the molecule is CC1CCN(C(=O)C2CCCN2)CCN1Cc1ccccc1.Cl.Cl. The van der Waals surface area contributed by atoms with E-state index in [0.29, 0.717) is 11.9 Å². The maximum absolute atomic E-state index is 12.6. The van der Waals surface area contributed by atoms with Crippen LogP contribution in [0.15, 0.2) is 30.3 Å². The van der Waals surface area contributed by atoms with Crippen LogP contribution in [-0.4, -0.2) is 54.0 Å². The third kappa shape index (κ3) is 5.35. The highest BCUT2D eigenvalue weighted by atomic mass is 35.5. The number of nitrogens with one attached hydrogen (secondary N) is 1. The second kappa shape index (κ2) is 10.2. The highest BCUT2D eigenvalue weighted by molar-refractivity contribution is 5.85. The third-order valence-electron chi connectivity index (χ3n) is 5.00. The van der Waals surface area contributed by atoms with Crippen LogP contribution in [0.2, 0.25) is 0 Å². The summed E-state index contributed by atoms with van der Waals surface area (Å²) in [6, 6.07) is 11.2. The Morgan fingerprint density at radius 3 is 2.54 bits per heavy atom. The predicted molar refractivity (Wildman–Crippen MR) is 103 cm³/mol. The Balaban J connectivity index is 0.00000144. The molecule has 0 saturated carbocycles. The molecule has 2 aliphatic rings. The number of carbonyl (C=O) groups excluding carboxylic acids is 1. The first-order valence-corrected chi connectivity index (χ1v) is 8.54. The van der Waals surface area contributed by atoms with E-state index in [2.05, 4.69) is 52.4 Å². The molecule has 0 aliphatic carbocycles. The van der Waals surface area contributed by atoms with Gasteiger partial charge in [0.05, 0.1) is 6.04 Å². The van der Waals surface area contributed by atoms with Crippen molar-refractivity contribution in [3.05, 3.63) is 35.9 Å². The lowest BCUT2D eigenvalue weighted by Gasteiger charge is -2.26. The van der Waals surface area contributed by atoms with Crippen molar-refractivity contribution in [3.8, 4) is 0 Å². The largest absolute Gasteiger partial charge is 0.340 e. The van der Waals surface area contributed by atoms with Gasteiger partial charge in [-0.25, -0.2) is 0 Å². The van der Waals surface area contributed by atoms with Crippen LogP contribution in [0.5, 0.6) is 0 Å². The summed E-state index contributed by atoms with van der Waals surface area (Å²) in [6.45, 7) is 6.96. The third-order valence-corrected chi connectivity index (χ3v) is 5.00. The van der Waals surface area contributed by atoms with Crippen molar-refractivity contribution in [1.82, 2.24) is 15.1 Å². The standard InChI is InChI=1S/C18H27N3O.2ClH/c1-15-9-11-20(18(22)17-8-5-10-19-17)12-13-21(15)14-16-6-3-2-4-7-16;;/h2-4,6-7,15,17,19H,5,8-14H2,1H3;2*1H. The maximum Gasteiger partial charge on any atom is 0.239 e. The van der Waals surface area contributed by atoms with Crippen LogP contribution in [0.3, 0.4) is 0 Å². The molecule has 24 heavy (non-hydrogen) atoms. The fraction of sp³-hybridized carbons (Fsp3) is 0.611. The molecule has 2 aliphatic heterocycles. The van der Waals surface area contributed by atoms with E-state index in [4.69, 9.17) is 0 Å². The molecular weight excluding hydrogens is 345 g/mol. The van der Waals surface area contributed by atoms with Crippen LogP contribution in [-0.2, 0) is 11.3 Å². The molecule has 2 heterocycles. The lowest BCUT2D eigenvalue weighted by atomic mass is 10.1. The van der Waals surface area contributed by atoms with Crippen LogP contribution in [0, 0.1) is 0 Å². The zero-order chi connectivity index (χ0) is 15.4. The van der Waals surface area contributed by atoms with Crippen LogP contribution in [0.4, 0.5) is 0 Å². The second-order valence-corrected chi connectivity index (χ2v) is 6.57. The molecule has 4 nitrogen and oxygen atoms in total. The number of hydrogen-bond acceptors (Lipinski definition) is 3. The van der Waals surface area contributed by atoms with Gasteiger partial charge in [-0.15, -0.1) is 24.8 Å². The van der Waals surface area contributed by atoms with E-state index in [0.717, 1.165) is 52.0 Å². The molecule has 2 saturated heterocycles. The van der Waals surface area contributed by atoms with Crippen molar-refractivity contribution >= 4 is 30.7 Å². The number of rotatable bonds is 3. The van der Waals surface area contributed by atoms with Crippen molar-refractivity contribution < 1.29 is 4.79 Å². The summed E-state index contributed by atoms with van der Waals surface area (Å²) in [6.07, 6.45) is 3.19. The zero-order valence-electron chi connectivity index (χ0n) is 14.3. The fourth-order valence-corrected chi connectivity index (χ4v) is 3.50. The maximum atomic E-state index is 12.6. The second-order valence-electron chi connectivity index (χ2n) is 6.57. The number of carbonyl (C=O) groups is 1. The van der Waals surface area contributed by atoms with Gasteiger partial charge in [-0.05, 0) is 38.3 Å². The number of halogens is 2. The molecule has 1 aromatic carbocycles.